The Labute approximate surface area is 168 Å². The van der Waals surface area contributed by atoms with Gasteiger partial charge in [0.15, 0.2) is 0 Å². The van der Waals surface area contributed by atoms with Crippen molar-refractivity contribution in [2.24, 2.45) is 0 Å². The van der Waals surface area contributed by atoms with Crippen LogP contribution in [0.25, 0.3) is 10.9 Å². The number of hydrogen-bond donors (Lipinski definition) is 1. The number of nitrogens with one attached hydrogen (secondary N) is 1. The van der Waals surface area contributed by atoms with Crippen molar-refractivity contribution >= 4 is 16.6 Å². The molecule has 0 radical (unpaired) electrons. The number of anilines is 1. The number of halogens is 2. The van der Waals surface area contributed by atoms with Crippen LogP contribution < -0.4 is 19.7 Å². The zero-order valence-corrected chi connectivity index (χ0v) is 16.1. The summed E-state index contributed by atoms with van der Waals surface area (Å²) in [6.45, 7) is -0.361. The van der Waals surface area contributed by atoms with E-state index in [0.717, 1.165) is 37.1 Å². The highest BCUT2D eigenvalue weighted by atomic mass is 19.3. The van der Waals surface area contributed by atoms with Crippen LogP contribution in [0.5, 0.6) is 11.6 Å². The average Bonchev–Trinajstić information content (AvgIpc) is 2.73. The third-order valence-electron chi connectivity index (χ3n) is 5.12. The van der Waals surface area contributed by atoms with Crippen molar-refractivity contribution in [1.29, 1.82) is 0 Å². The van der Waals surface area contributed by atoms with Gasteiger partial charge in [0.25, 0.3) is 0 Å². The monoisotopic (exact) mass is 399 g/mol. The minimum absolute atomic E-state index is 0.120. The average molecular weight is 399 g/mol. The van der Waals surface area contributed by atoms with Crippen molar-refractivity contribution < 1.29 is 18.3 Å². The van der Waals surface area contributed by atoms with E-state index >= 15 is 0 Å². The summed E-state index contributed by atoms with van der Waals surface area (Å²) in [5.74, 6) is 0.407. The van der Waals surface area contributed by atoms with Crippen LogP contribution in [0.4, 0.5) is 14.5 Å². The lowest BCUT2D eigenvalue weighted by Gasteiger charge is -2.36. The van der Waals surface area contributed by atoms with Crippen LogP contribution in [-0.4, -0.2) is 44.4 Å². The van der Waals surface area contributed by atoms with Crippen LogP contribution >= 0.6 is 0 Å². The van der Waals surface area contributed by atoms with Crippen molar-refractivity contribution in [3.63, 3.8) is 0 Å². The fourth-order valence-corrected chi connectivity index (χ4v) is 3.84. The molecule has 1 N–H and O–H groups in total. The predicted octanol–water partition coefficient (Wildman–Crippen LogP) is 3.87. The Morgan fingerprint density at radius 2 is 1.97 bits per heavy atom. The Morgan fingerprint density at radius 1 is 1.14 bits per heavy atom. The Balaban J connectivity index is 1.62. The number of pyridine rings is 1. The molecule has 0 aliphatic carbocycles. The molecule has 1 fully saturated rings. The lowest BCUT2D eigenvalue weighted by atomic mass is 10.0. The first kappa shape index (κ1) is 19.4. The summed E-state index contributed by atoms with van der Waals surface area (Å²) in [5.41, 5.74) is 2.82. The normalized spacial score (nSPS) is 17.0. The van der Waals surface area contributed by atoms with Crippen LogP contribution in [0.1, 0.15) is 5.56 Å². The minimum Gasteiger partial charge on any atom is -0.494 e. The first-order chi connectivity index (χ1) is 14.1. The number of alkyl halides is 2. The molecule has 1 saturated heterocycles. The van der Waals surface area contributed by atoms with E-state index in [0.29, 0.717) is 17.3 Å². The van der Waals surface area contributed by atoms with E-state index in [2.05, 4.69) is 44.2 Å². The molecule has 4 rings (SSSR count). The number of piperazine rings is 1. The number of hydrogen-bond acceptors (Lipinski definition) is 5. The van der Waals surface area contributed by atoms with Crippen LogP contribution in [0.15, 0.2) is 54.6 Å². The van der Waals surface area contributed by atoms with Gasteiger partial charge in [0.05, 0.1) is 7.11 Å². The zero-order chi connectivity index (χ0) is 20.2. The SMILES string of the molecule is COc1ccc(N2CCN[C@@H](Cc3ccccc3)C2)c2ccc(OC(F)F)nc12. The van der Waals surface area contributed by atoms with Gasteiger partial charge in [0, 0.05) is 42.8 Å². The molecule has 2 heterocycles. The molecule has 3 aromatic rings. The number of ether oxygens (including phenoxy) is 2. The second-order valence-corrected chi connectivity index (χ2v) is 7.00. The maximum absolute atomic E-state index is 12.6. The van der Waals surface area contributed by atoms with Crippen LogP contribution in [-0.2, 0) is 6.42 Å². The number of benzene rings is 2. The lowest BCUT2D eigenvalue weighted by Crippen LogP contribution is -2.51. The van der Waals surface area contributed by atoms with Gasteiger partial charge >= 0.3 is 6.61 Å². The van der Waals surface area contributed by atoms with Crippen LogP contribution in [0.2, 0.25) is 0 Å². The van der Waals surface area contributed by atoms with Gasteiger partial charge in [-0.05, 0) is 30.2 Å². The summed E-state index contributed by atoms with van der Waals surface area (Å²) < 4.78 is 35.0. The number of fused-ring (bicyclic) bond motifs is 1. The highest BCUT2D eigenvalue weighted by molar-refractivity contribution is 5.96. The van der Waals surface area contributed by atoms with E-state index in [4.69, 9.17) is 4.74 Å². The molecular formula is C22H23F2N3O2. The first-order valence-corrected chi connectivity index (χ1v) is 9.59. The molecule has 2 aromatic carbocycles. The summed E-state index contributed by atoms with van der Waals surface area (Å²) in [6, 6.07) is 17.8. The summed E-state index contributed by atoms with van der Waals surface area (Å²) in [6.07, 6.45) is 0.941. The first-order valence-electron chi connectivity index (χ1n) is 9.59. The molecule has 1 atom stereocenters. The van der Waals surface area contributed by atoms with Crippen molar-refractivity contribution in [2.45, 2.75) is 19.1 Å². The zero-order valence-electron chi connectivity index (χ0n) is 16.1. The van der Waals surface area contributed by atoms with E-state index in [1.54, 1.807) is 6.07 Å². The van der Waals surface area contributed by atoms with E-state index in [1.165, 1.54) is 18.7 Å². The summed E-state index contributed by atoms with van der Waals surface area (Å²) in [7, 11) is 1.54. The van der Waals surface area contributed by atoms with Crippen molar-refractivity contribution in [1.82, 2.24) is 10.3 Å². The Bertz CT molecular complexity index is 969. The predicted molar refractivity (Wildman–Crippen MR) is 109 cm³/mol. The quantitative estimate of drug-likeness (QED) is 0.682. The van der Waals surface area contributed by atoms with E-state index in [9.17, 15) is 8.78 Å². The molecule has 152 valence electrons. The fourth-order valence-electron chi connectivity index (χ4n) is 3.84. The Kier molecular flexibility index (Phi) is 5.76. The number of methoxy groups -OCH3 is 1. The van der Waals surface area contributed by atoms with Crippen molar-refractivity contribution in [3.05, 3.63) is 60.2 Å². The Morgan fingerprint density at radius 3 is 2.72 bits per heavy atom. The highest BCUT2D eigenvalue weighted by Crippen LogP contribution is 2.34. The molecule has 0 saturated carbocycles. The van der Waals surface area contributed by atoms with E-state index < -0.39 is 6.61 Å². The summed E-state index contributed by atoms with van der Waals surface area (Å²) in [5, 5.41) is 4.44. The number of nitrogens with zero attached hydrogens (tertiary/aromatic N) is 2. The molecule has 0 amide bonds. The summed E-state index contributed by atoms with van der Waals surface area (Å²) >= 11 is 0. The van der Waals surface area contributed by atoms with Crippen LogP contribution in [0, 0.1) is 0 Å². The van der Waals surface area contributed by atoms with Gasteiger partial charge in [-0.3, -0.25) is 0 Å². The van der Waals surface area contributed by atoms with E-state index in [-0.39, 0.29) is 5.88 Å². The fraction of sp³-hybridized carbons (Fsp3) is 0.318. The molecule has 1 aliphatic heterocycles. The standard InChI is InChI=1S/C22H23F2N3O2/c1-28-19-9-8-18(17-7-10-20(26-21(17)19)29-22(23)24)27-12-11-25-16(14-27)13-15-5-3-2-4-6-15/h2-10,16,22,25H,11-14H2,1H3/t16-/m0/s1. The Hall–Kier alpha value is -2.93. The lowest BCUT2D eigenvalue weighted by molar-refractivity contribution is -0.0526. The maximum atomic E-state index is 12.6. The molecule has 0 unspecified atom stereocenters. The van der Waals surface area contributed by atoms with Gasteiger partial charge in [-0.25, -0.2) is 4.98 Å². The summed E-state index contributed by atoms with van der Waals surface area (Å²) in [4.78, 5) is 6.57. The highest BCUT2D eigenvalue weighted by Gasteiger charge is 2.22. The van der Waals surface area contributed by atoms with Gasteiger partial charge in [0.1, 0.15) is 11.3 Å². The number of rotatable bonds is 6. The second-order valence-electron chi connectivity index (χ2n) is 7.00. The van der Waals surface area contributed by atoms with Gasteiger partial charge in [-0.15, -0.1) is 0 Å². The molecule has 0 bridgehead atoms. The maximum Gasteiger partial charge on any atom is 0.388 e. The second kappa shape index (κ2) is 8.61. The molecule has 1 aromatic heterocycles. The molecule has 7 heteroatoms. The van der Waals surface area contributed by atoms with Crippen molar-refractivity contribution in [3.8, 4) is 11.6 Å². The van der Waals surface area contributed by atoms with Crippen LogP contribution in [0.3, 0.4) is 0 Å². The molecular weight excluding hydrogens is 376 g/mol. The molecule has 5 nitrogen and oxygen atoms in total. The molecule has 1 aliphatic rings. The number of aromatic nitrogens is 1. The largest absolute Gasteiger partial charge is 0.494 e. The third kappa shape index (κ3) is 4.40. The van der Waals surface area contributed by atoms with Gasteiger partial charge in [-0.2, -0.15) is 8.78 Å². The van der Waals surface area contributed by atoms with Gasteiger partial charge in [-0.1, -0.05) is 30.3 Å². The van der Waals surface area contributed by atoms with Crippen molar-refractivity contribution in [2.75, 3.05) is 31.6 Å². The molecule has 29 heavy (non-hydrogen) atoms. The smallest absolute Gasteiger partial charge is 0.388 e. The topological polar surface area (TPSA) is 46.6 Å². The third-order valence-corrected chi connectivity index (χ3v) is 5.12. The van der Waals surface area contributed by atoms with Gasteiger partial charge < -0.3 is 19.7 Å². The minimum atomic E-state index is -2.92. The van der Waals surface area contributed by atoms with E-state index in [1.807, 2.05) is 18.2 Å². The molecule has 0 spiro atoms. The van der Waals surface area contributed by atoms with Gasteiger partial charge in [0.2, 0.25) is 5.88 Å².